The Bertz CT molecular complexity index is 1180. The fourth-order valence-electron chi connectivity index (χ4n) is 3.12. The molecule has 3 aromatic rings. The zero-order valence-electron chi connectivity index (χ0n) is 16.3. The van der Waals surface area contributed by atoms with Crippen molar-refractivity contribution in [1.82, 2.24) is 4.98 Å². The molecule has 8 heteroatoms. The molecule has 0 saturated carbocycles. The van der Waals surface area contributed by atoms with Crippen LogP contribution in [0.25, 0.3) is 17.4 Å². The Morgan fingerprint density at radius 3 is 2.65 bits per heavy atom. The van der Waals surface area contributed by atoms with Crippen LogP contribution in [0.5, 0.6) is 0 Å². The summed E-state index contributed by atoms with van der Waals surface area (Å²) >= 11 is 5.23. The van der Waals surface area contributed by atoms with Gasteiger partial charge in [-0.2, -0.15) is 0 Å². The maximum Gasteiger partial charge on any atom is 0.356 e. The summed E-state index contributed by atoms with van der Waals surface area (Å²) < 4.78 is 29.0. The molecule has 2 aromatic heterocycles. The van der Waals surface area contributed by atoms with Crippen molar-refractivity contribution < 1.29 is 27.9 Å². The van der Waals surface area contributed by atoms with Crippen LogP contribution in [0.4, 0.5) is 4.39 Å². The number of furan rings is 1. The van der Waals surface area contributed by atoms with Gasteiger partial charge in [-0.1, -0.05) is 12.1 Å². The summed E-state index contributed by atoms with van der Waals surface area (Å²) in [7, 11) is 1.28. The van der Waals surface area contributed by atoms with Gasteiger partial charge >= 0.3 is 5.97 Å². The smallest absolute Gasteiger partial charge is 0.356 e. The molecule has 156 valence electrons. The van der Waals surface area contributed by atoms with Gasteiger partial charge in [0.15, 0.2) is 10.8 Å². The maximum atomic E-state index is 13.1. The van der Waals surface area contributed by atoms with Crippen LogP contribution in [-0.2, 0) is 20.7 Å². The van der Waals surface area contributed by atoms with E-state index in [1.54, 1.807) is 30.3 Å². The molecule has 1 aliphatic heterocycles. The summed E-state index contributed by atoms with van der Waals surface area (Å²) in [6, 6.07) is 12.5. The second kappa shape index (κ2) is 8.61. The van der Waals surface area contributed by atoms with E-state index in [1.165, 1.54) is 37.6 Å². The average molecular weight is 437 g/mol. The molecule has 1 saturated heterocycles. The van der Waals surface area contributed by atoms with E-state index in [-0.39, 0.29) is 28.1 Å². The van der Waals surface area contributed by atoms with E-state index in [4.69, 9.17) is 21.4 Å². The third-order valence-electron chi connectivity index (χ3n) is 4.75. The third kappa shape index (κ3) is 4.44. The molecule has 0 N–H and O–H groups in total. The van der Waals surface area contributed by atoms with Crippen LogP contribution >= 0.6 is 12.2 Å². The molecule has 6 nitrogen and oxygen atoms in total. The number of allylic oxidation sites excluding steroid dienone is 1. The lowest BCUT2D eigenvalue weighted by molar-refractivity contribution is -0.117. The SMILES string of the molecule is COC(=O)c1ccc(-c2ccc(/C=C3\OC(=S)C(Cc4ccc(F)cc4)C3=O)o2)cn1. The lowest BCUT2D eigenvalue weighted by atomic mass is 9.96. The predicted octanol–water partition coefficient (Wildman–Crippen LogP) is 4.39. The molecule has 1 atom stereocenters. The largest absolute Gasteiger partial charge is 0.464 e. The van der Waals surface area contributed by atoms with E-state index < -0.39 is 11.9 Å². The number of hydrogen-bond acceptors (Lipinski definition) is 7. The van der Waals surface area contributed by atoms with Gasteiger partial charge in [-0.25, -0.2) is 14.2 Å². The highest BCUT2D eigenvalue weighted by molar-refractivity contribution is 7.80. The van der Waals surface area contributed by atoms with E-state index >= 15 is 0 Å². The van der Waals surface area contributed by atoms with E-state index in [0.29, 0.717) is 23.5 Å². The number of halogens is 1. The quantitative estimate of drug-likeness (QED) is 0.333. The molecule has 1 aromatic carbocycles. The maximum absolute atomic E-state index is 13.1. The highest BCUT2D eigenvalue weighted by Gasteiger charge is 2.37. The van der Waals surface area contributed by atoms with Crippen molar-refractivity contribution in [1.29, 1.82) is 0 Å². The molecular formula is C23H16FNO5S. The van der Waals surface area contributed by atoms with Gasteiger partial charge in [0.25, 0.3) is 0 Å². The number of ether oxygens (including phenoxy) is 2. The Morgan fingerprint density at radius 1 is 1.19 bits per heavy atom. The van der Waals surface area contributed by atoms with Gasteiger partial charge < -0.3 is 13.9 Å². The minimum absolute atomic E-state index is 0.0946. The first-order valence-corrected chi connectivity index (χ1v) is 9.72. The van der Waals surface area contributed by atoms with Crippen molar-refractivity contribution in [3.8, 4) is 11.3 Å². The zero-order valence-corrected chi connectivity index (χ0v) is 17.1. The number of carbonyl (C=O) groups is 2. The van der Waals surface area contributed by atoms with Crippen LogP contribution < -0.4 is 0 Å². The number of hydrogen-bond donors (Lipinski definition) is 0. The normalized spacial score (nSPS) is 17.1. The first-order chi connectivity index (χ1) is 14.9. The van der Waals surface area contributed by atoms with Crippen LogP contribution in [0.2, 0.25) is 0 Å². The molecule has 0 radical (unpaired) electrons. The summed E-state index contributed by atoms with van der Waals surface area (Å²) in [5.74, 6) is -0.735. The van der Waals surface area contributed by atoms with Crippen LogP contribution in [0.3, 0.4) is 0 Å². The number of benzene rings is 1. The van der Waals surface area contributed by atoms with Crippen molar-refractivity contribution in [2.24, 2.45) is 5.92 Å². The number of Topliss-reactive ketones (excluding diaryl/α,β-unsaturated/α-hetero) is 1. The molecule has 0 bridgehead atoms. The van der Waals surface area contributed by atoms with Crippen LogP contribution in [0.15, 0.2) is 64.9 Å². The molecule has 0 aliphatic carbocycles. The van der Waals surface area contributed by atoms with Crippen molar-refractivity contribution >= 4 is 35.1 Å². The average Bonchev–Trinajstić information content (AvgIpc) is 3.35. The minimum atomic E-state index is -0.615. The lowest BCUT2D eigenvalue weighted by Crippen LogP contribution is -2.16. The fraction of sp³-hybridized carbons (Fsp3) is 0.130. The summed E-state index contributed by atoms with van der Waals surface area (Å²) in [6.07, 6.45) is 3.31. The Balaban J connectivity index is 1.50. The first kappa shape index (κ1) is 20.6. The van der Waals surface area contributed by atoms with Gasteiger partial charge in [0.2, 0.25) is 5.78 Å². The fourth-order valence-corrected chi connectivity index (χ4v) is 3.40. The molecule has 0 spiro atoms. The van der Waals surface area contributed by atoms with E-state index in [2.05, 4.69) is 9.72 Å². The predicted molar refractivity (Wildman–Crippen MR) is 114 cm³/mol. The molecular weight excluding hydrogens is 421 g/mol. The zero-order chi connectivity index (χ0) is 22.0. The number of thiocarbonyl (C=S) groups is 1. The highest BCUT2D eigenvalue weighted by atomic mass is 32.1. The van der Waals surface area contributed by atoms with E-state index in [0.717, 1.165) is 5.56 Å². The van der Waals surface area contributed by atoms with Crippen molar-refractivity contribution in [2.75, 3.05) is 7.11 Å². The monoisotopic (exact) mass is 437 g/mol. The van der Waals surface area contributed by atoms with Gasteiger partial charge in [0, 0.05) is 17.8 Å². The number of nitrogens with zero attached hydrogens (tertiary/aromatic N) is 1. The second-order valence-corrected chi connectivity index (χ2v) is 7.21. The topological polar surface area (TPSA) is 78.6 Å². The number of carbonyl (C=O) groups excluding carboxylic acids is 2. The molecule has 31 heavy (non-hydrogen) atoms. The molecule has 1 aliphatic rings. The van der Waals surface area contributed by atoms with Crippen LogP contribution in [0.1, 0.15) is 21.8 Å². The molecule has 1 unspecified atom stereocenters. The number of pyridine rings is 1. The van der Waals surface area contributed by atoms with E-state index in [1.807, 2.05) is 0 Å². The molecule has 3 heterocycles. The Labute approximate surface area is 182 Å². The van der Waals surface area contributed by atoms with Gasteiger partial charge in [-0.3, -0.25) is 4.79 Å². The van der Waals surface area contributed by atoms with Crippen molar-refractivity contribution in [3.05, 3.63) is 83.3 Å². The molecule has 1 fully saturated rings. The summed E-state index contributed by atoms with van der Waals surface area (Å²) in [6.45, 7) is 0. The summed E-state index contributed by atoms with van der Waals surface area (Å²) in [5.41, 5.74) is 1.63. The third-order valence-corrected chi connectivity index (χ3v) is 5.12. The second-order valence-electron chi connectivity index (χ2n) is 6.80. The molecule has 4 rings (SSSR count). The summed E-state index contributed by atoms with van der Waals surface area (Å²) in [4.78, 5) is 28.3. The first-order valence-electron chi connectivity index (χ1n) is 9.31. The number of methoxy groups -OCH3 is 1. The molecule has 0 amide bonds. The van der Waals surface area contributed by atoms with Gasteiger partial charge in [-0.05, 0) is 60.6 Å². The lowest BCUT2D eigenvalue weighted by Gasteiger charge is -2.05. The van der Waals surface area contributed by atoms with Gasteiger partial charge in [-0.15, -0.1) is 0 Å². The van der Waals surface area contributed by atoms with Crippen molar-refractivity contribution in [2.45, 2.75) is 6.42 Å². The standard InChI is InChI=1S/C23H16FNO5S/c1-28-22(27)18-8-4-14(12-25-18)19-9-7-16(29-19)11-20-21(26)17(23(31)30-20)10-13-2-5-15(24)6-3-13/h2-9,11-12,17H,10H2,1H3/b20-11-. The minimum Gasteiger partial charge on any atom is -0.464 e. The Hall–Kier alpha value is -3.65. The summed E-state index contributed by atoms with van der Waals surface area (Å²) in [5, 5.41) is 0.176. The number of aromatic nitrogens is 1. The Kier molecular flexibility index (Phi) is 5.73. The van der Waals surface area contributed by atoms with Crippen molar-refractivity contribution in [3.63, 3.8) is 0 Å². The van der Waals surface area contributed by atoms with Gasteiger partial charge in [0.1, 0.15) is 23.0 Å². The van der Waals surface area contributed by atoms with Crippen LogP contribution in [0, 0.1) is 11.7 Å². The van der Waals surface area contributed by atoms with Gasteiger partial charge in [0.05, 0.1) is 13.0 Å². The Morgan fingerprint density at radius 2 is 1.97 bits per heavy atom. The van der Waals surface area contributed by atoms with Crippen LogP contribution in [-0.4, -0.2) is 28.9 Å². The number of rotatable bonds is 5. The highest BCUT2D eigenvalue weighted by Crippen LogP contribution is 2.29. The van der Waals surface area contributed by atoms with E-state index in [9.17, 15) is 14.0 Å². The number of ketones is 1. The number of esters is 1.